The van der Waals surface area contributed by atoms with Crippen LogP contribution < -0.4 is 5.32 Å². The van der Waals surface area contributed by atoms with E-state index in [1.54, 1.807) is 11.1 Å². The average molecular weight is 268 g/mol. The lowest BCUT2D eigenvalue weighted by atomic mass is 10.1. The number of nitrogens with one attached hydrogen (secondary N) is 1. The first kappa shape index (κ1) is 13.4. The molecule has 20 heavy (non-hydrogen) atoms. The van der Waals surface area contributed by atoms with E-state index in [9.17, 15) is 0 Å². The molecule has 3 rings (SSSR count). The summed E-state index contributed by atoms with van der Waals surface area (Å²) in [5, 5.41) is 3.37. The molecule has 1 N–H and O–H groups in total. The van der Waals surface area contributed by atoms with Crippen molar-refractivity contribution in [1.82, 2.24) is 9.88 Å². The topological polar surface area (TPSA) is 17.0 Å². The maximum atomic E-state index is 3.37. The van der Waals surface area contributed by atoms with Crippen LogP contribution in [0.2, 0.25) is 0 Å². The zero-order chi connectivity index (χ0) is 13.9. The smallest absolute Gasteiger partial charge is 0.0470 e. The molecule has 0 radical (unpaired) electrons. The number of hydrogen-bond donors (Lipinski definition) is 1. The number of fused-ring (bicyclic) bond motifs is 1. The molecule has 1 atom stereocenters. The zero-order valence-electron chi connectivity index (χ0n) is 12.5. The van der Waals surface area contributed by atoms with E-state index < -0.39 is 0 Å². The molecule has 2 heteroatoms. The fourth-order valence-electron chi connectivity index (χ4n) is 3.30. The second-order valence-corrected chi connectivity index (χ2v) is 5.82. The van der Waals surface area contributed by atoms with Crippen molar-refractivity contribution < 1.29 is 0 Å². The molecule has 0 aliphatic heterocycles. The Kier molecular flexibility index (Phi) is 3.93. The molecule has 2 aromatic rings. The SMILES string of the molecule is CCC(NC)c1ccn(Cc2ccc3c(c2)CCC3)c1. The van der Waals surface area contributed by atoms with Gasteiger partial charge >= 0.3 is 0 Å². The summed E-state index contributed by atoms with van der Waals surface area (Å²) in [4.78, 5) is 0. The molecule has 0 bridgehead atoms. The van der Waals surface area contributed by atoms with Gasteiger partial charge in [-0.3, -0.25) is 0 Å². The van der Waals surface area contributed by atoms with E-state index in [1.165, 1.54) is 30.4 Å². The summed E-state index contributed by atoms with van der Waals surface area (Å²) < 4.78 is 2.30. The second kappa shape index (κ2) is 5.84. The van der Waals surface area contributed by atoms with Crippen LogP contribution in [0.1, 0.15) is 48.1 Å². The summed E-state index contributed by atoms with van der Waals surface area (Å²) in [5.74, 6) is 0. The first-order valence-electron chi connectivity index (χ1n) is 7.73. The number of nitrogens with zero attached hydrogens (tertiary/aromatic N) is 1. The lowest BCUT2D eigenvalue weighted by Gasteiger charge is -2.11. The molecule has 106 valence electrons. The normalized spacial score (nSPS) is 15.3. The molecule has 1 aromatic carbocycles. The van der Waals surface area contributed by atoms with Gasteiger partial charge in [-0.05, 0) is 61.1 Å². The van der Waals surface area contributed by atoms with Crippen molar-refractivity contribution in [2.45, 2.75) is 45.2 Å². The summed E-state index contributed by atoms with van der Waals surface area (Å²) in [7, 11) is 2.03. The highest BCUT2D eigenvalue weighted by Gasteiger charge is 2.11. The van der Waals surface area contributed by atoms with Crippen LogP contribution >= 0.6 is 0 Å². The van der Waals surface area contributed by atoms with Gasteiger partial charge in [-0.1, -0.05) is 25.1 Å². The van der Waals surface area contributed by atoms with Gasteiger partial charge in [0.25, 0.3) is 0 Å². The van der Waals surface area contributed by atoms with Crippen molar-refractivity contribution in [3.8, 4) is 0 Å². The van der Waals surface area contributed by atoms with Gasteiger partial charge in [0.05, 0.1) is 0 Å². The second-order valence-electron chi connectivity index (χ2n) is 5.82. The van der Waals surface area contributed by atoms with E-state index in [1.807, 2.05) is 7.05 Å². The highest BCUT2D eigenvalue weighted by atomic mass is 14.9. The van der Waals surface area contributed by atoms with Gasteiger partial charge in [-0.2, -0.15) is 0 Å². The van der Waals surface area contributed by atoms with Crippen LogP contribution in [0.4, 0.5) is 0 Å². The lowest BCUT2D eigenvalue weighted by molar-refractivity contribution is 0.575. The fourth-order valence-corrected chi connectivity index (χ4v) is 3.30. The van der Waals surface area contributed by atoms with Crippen molar-refractivity contribution in [3.63, 3.8) is 0 Å². The molecule has 1 unspecified atom stereocenters. The molecule has 1 aromatic heterocycles. The van der Waals surface area contributed by atoms with Crippen molar-refractivity contribution >= 4 is 0 Å². The Bertz CT molecular complexity index is 579. The van der Waals surface area contributed by atoms with E-state index in [0.29, 0.717) is 6.04 Å². The van der Waals surface area contributed by atoms with Gasteiger partial charge in [0, 0.05) is 25.0 Å². The Morgan fingerprint density at radius 1 is 1.20 bits per heavy atom. The maximum absolute atomic E-state index is 3.37. The predicted octanol–water partition coefficient (Wildman–Crippen LogP) is 3.70. The Balaban J connectivity index is 1.75. The van der Waals surface area contributed by atoms with Crippen molar-refractivity contribution in [1.29, 1.82) is 0 Å². The quantitative estimate of drug-likeness (QED) is 0.875. The van der Waals surface area contributed by atoms with Crippen LogP contribution in [0.15, 0.2) is 36.7 Å². The lowest BCUT2D eigenvalue weighted by Crippen LogP contribution is -2.14. The molecule has 0 saturated carbocycles. The van der Waals surface area contributed by atoms with Gasteiger partial charge in [-0.25, -0.2) is 0 Å². The van der Waals surface area contributed by atoms with E-state index in [4.69, 9.17) is 0 Å². The Labute approximate surface area is 121 Å². The van der Waals surface area contributed by atoms with Gasteiger partial charge in [0.1, 0.15) is 0 Å². The van der Waals surface area contributed by atoms with Crippen LogP contribution in [0, 0.1) is 0 Å². The molecule has 0 amide bonds. The third-order valence-corrected chi connectivity index (χ3v) is 4.46. The molecule has 1 heterocycles. The Morgan fingerprint density at radius 2 is 2.05 bits per heavy atom. The average Bonchev–Trinajstić information content (AvgIpc) is 3.09. The largest absolute Gasteiger partial charge is 0.350 e. The van der Waals surface area contributed by atoms with Gasteiger partial charge in [0.2, 0.25) is 0 Å². The van der Waals surface area contributed by atoms with Crippen LogP contribution in [0.5, 0.6) is 0 Å². The third-order valence-electron chi connectivity index (χ3n) is 4.46. The van der Waals surface area contributed by atoms with E-state index in [2.05, 4.69) is 53.5 Å². The Hall–Kier alpha value is -1.54. The highest BCUT2D eigenvalue weighted by Crippen LogP contribution is 2.23. The molecule has 2 nitrogen and oxygen atoms in total. The monoisotopic (exact) mass is 268 g/mol. The molecule has 1 aliphatic carbocycles. The molecule has 0 spiro atoms. The van der Waals surface area contributed by atoms with Gasteiger partial charge in [0.15, 0.2) is 0 Å². The van der Waals surface area contributed by atoms with Crippen LogP contribution in [-0.2, 0) is 19.4 Å². The minimum absolute atomic E-state index is 0.469. The van der Waals surface area contributed by atoms with Gasteiger partial charge in [-0.15, -0.1) is 0 Å². The minimum Gasteiger partial charge on any atom is -0.350 e. The summed E-state index contributed by atoms with van der Waals surface area (Å²) in [6.45, 7) is 3.20. The van der Waals surface area contributed by atoms with E-state index in [-0.39, 0.29) is 0 Å². The summed E-state index contributed by atoms with van der Waals surface area (Å²) >= 11 is 0. The maximum Gasteiger partial charge on any atom is 0.0470 e. The van der Waals surface area contributed by atoms with Crippen LogP contribution in [0.3, 0.4) is 0 Å². The highest BCUT2D eigenvalue weighted by molar-refractivity contribution is 5.35. The van der Waals surface area contributed by atoms with Crippen LogP contribution in [-0.4, -0.2) is 11.6 Å². The first-order chi connectivity index (χ1) is 9.80. The standard InChI is InChI=1S/C18H24N2/c1-3-18(19-2)17-9-10-20(13-17)12-14-7-8-15-5-4-6-16(15)11-14/h7-11,13,18-19H,3-6,12H2,1-2H3. The molecular formula is C18H24N2. The van der Waals surface area contributed by atoms with Crippen molar-refractivity contribution in [2.24, 2.45) is 0 Å². The molecular weight excluding hydrogens is 244 g/mol. The first-order valence-corrected chi connectivity index (χ1v) is 7.73. The van der Waals surface area contributed by atoms with E-state index in [0.717, 1.165) is 13.0 Å². The van der Waals surface area contributed by atoms with Crippen molar-refractivity contribution in [2.75, 3.05) is 7.05 Å². The number of benzene rings is 1. The summed E-state index contributed by atoms with van der Waals surface area (Å²) in [6.07, 6.45) is 9.45. The number of aryl methyl sites for hydroxylation is 2. The Morgan fingerprint density at radius 3 is 2.85 bits per heavy atom. The fraction of sp³-hybridized carbons (Fsp3) is 0.444. The number of rotatable bonds is 5. The summed E-state index contributed by atoms with van der Waals surface area (Å²) in [5.41, 5.74) is 5.93. The minimum atomic E-state index is 0.469. The predicted molar refractivity (Wildman–Crippen MR) is 84.1 cm³/mol. The van der Waals surface area contributed by atoms with Crippen molar-refractivity contribution in [3.05, 3.63) is 58.9 Å². The number of aromatic nitrogens is 1. The van der Waals surface area contributed by atoms with Gasteiger partial charge < -0.3 is 9.88 Å². The summed E-state index contributed by atoms with van der Waals surface area (Å²) in [6, 6.07) is 9.72. The molecule has 1 aliphatic rings. The van der Waals surface area contributed by atoms with E-state index >= 15 is 0 Å². The van der Waals surface area contributed by atoms with Crippen LogP contribution in [0.25, 0.3) is 0 Å². The molecule has 0 fully saturated rings. The number of hydrogen-bond acceptors (Lipinski definition) is 1. The molecule has 0 saturated heterocycles. The zero-order valence-corrected chi connectivity index (χ0v) is 12.5. The third kappa shape index (κ3) is 2.66.